The van der Waals surface area contributed by atoms with Crippen molar-refractivity contribution in [3.05, 3.63) is 0 Å². The van der Waals surface area contributed by atoms with Crippen LogP contribution in [0, 0.1) is 11.3 Å². The Bertz CT molecular complexity index is 224. The molecule has 1 amide bonds. The highest BCUT2D eigenvalue weighted by molar-refractivity contribution is 6.17. The Morgan fingerprint density at radius 1 is 1.44 bits per heavy atom. The van der Waals surface area contributed by atoms with Gasteiger partial charge in [0.15, 0.2) is 0 Å². The van der Waals surface area contributed by atoms with Crippen LogP contribution in [0.1, 0.15) is 52.4 Å². The molecule has 0 aromatic rings. The van der Waals surface area contributed by atoms with E-state index in [0.717, 1.165) is 32.2 Å². The van der Waals surface area contributed by atoms with Gasteiger partial charge in [0.2, 0.25) is 5.91 Å². The lowest BCUT2D eigenvalue weighted by Gasteiger charge is -2.24. The number of hydrogen-bond donors (Lipinski definition) is 1. The lowest BCUT2D eigenvalue weighted by Crippen LogP contribution is -2.39. The molecule has 0 spiro atoms. The molecule has 1 aliphatic carbocycles. The molecule has 0 saturated heterocycles. The van der Waals surface area contributed by atoms with Crippen LogP contribution in [0.25, 0.3) is 0 Å². The number of amides is 1. The summed E-state index contributed by atoms with van der Waals surface area (Å²) in [6.45, 7) is 5.04. The van der Waals surface area contributed by atoms with Crippen LogP contribution in [-0.4, -0.2) is 18.3 Å². The predicted molar refractivity (Wildman–Crippen MR) is 68.7 cm³/mol. The smallest absolute Gasteiger partial charge is 0.225 e. The molecular weight excluding hydrogens is 222 g/mol. The van der Waals surface area contributed by atoms with Crippen LogP contribution >= 0.6 is 11.6 Å². The van der Waals surface area contributed by atoms with Crippen molar-refractivity contribution < 1.29 is 4.79 Å². The van der Waals surface area contributed by atoms with Crippen LogP contribution in [0.15, 0.2) is 0 Å². The summed E-state index contributed by atoms with van der Waals surface area (Å²) in [6.07, 6.45) is 6.57. The third-order valence-corrected chi connectivity index (χ3v) is 4.12. The number of halogens is 1. The lowest BCUT2D eigenvalue weighted by atomic mass is 9.87. The van der Waals surface area contributed by atoms with Crippen molar-refractivity contribution in [1.82, 2.24) is 5.32 Å². The zero-order valence-corrected chi connectivity index (χ0v) is 11.3. The Balaban J connectivity index is 2.33. The second-order valence-corrected chi connectivity index (χ2v) is 5.61. The van der Waals surface area contributed by atoms with E-state index < -0.39 is 0 Å². The number of nitrogens with one attached hydrogen (secondary N) is 1. The van der Waals surface area contributed by atoms with Gasteiger partial charge in [-0.05, 0) is 25.2 Å². The van der Waals surface area contributed by atoms with E-state index in [0.29, 0.717) is 11.8 Å². The fourth-order valence-electron chi connectivity index (χ4n) is 2.44. The highest BCUT2D eigenvalue weighted by Gasteiger charge is 2.35. The first-order valence-corrected chi connectivity index (χ1v) is 7.00. The normalized spacial score (nSPS) is 20.7. The SMILES string of the molecule is CCC(CCCl)CNC(=O)C1(C)CCCC1. The van der Waals surface area contributed by atoms with E-state index in [-0.39, 0.29) is 11.3 Å². The van der Waals surface area contributed by atoms with Gasteiger partial charge in [0.25, 0.3) is 0 Å². The van der Waals surface area contributed by atoms with Crippen molar-refractivity contribution in [3.63, 3.8) is 0 Å². The van der Waals surface area contributed by atoms with Crippen LogP contribution in [-0.2, 0) is 4.79 Å². The summed E-state index contributed by atoms with van der Waals surface area (Å²) in [5.41, 5.74) is -0.0980. The Morgan fingerprint density at radius 3 is 2.56 bits per heavy atom. The first-order valence-electron chi connectivity index (χ1n) is 6.46. The molecule has 0 heterocycles. The van der Waals surface area contributed by atoms with Crippen LogP contribution in [0.5, 0.6) is 0 Å². The molecule has 94 valence electrons. The molecule has 1 atom stereocenters. The number of rotatable bonds is 6. The minimum absolute atomic E-state index is 0.0980. The van der Waals surface area contributed by atoms with Gasteiger partial charge in [-0.1, -0.05) is 33.1 Å². The van der Waals surface area contributed by atoms with Crippen LogP contribution in [0.4, 0.5) is 0 Å². The Morgan fingerprint density at radius 2 is 2.06 bits per heavy atom. The van der Waals surface area contributed by atoms with E-state index in [1.807, 2.05) is 0 Å². The molecule has 3 heteroatoms. The Hall–Kier alpha value is -0.240. The number of alkyl halides is 1. The van der Waals surface area contributed by atoms with Crippen LogP contribution in [0.3, 0.4) is 0 Å². The average molecular weight is 246 g/mol. The van der Waals surface area contributed by atoms with Gasteiger partial charge in [-0.3, -0.25) is 4.79 Å². The molecule has 1 N–H and O–H groups in total. The predicted octanol–water partition coefficient (Wildman–Crippen LogP) is 3.34. The number of hydrogen-bond acceptors (Lipinski definition) is 1. The topological polar surface area (TPSA) is 29.1 Å². The quantitative estimate of drug-likeness (QED) is 0.715. The van der Waals surface area contributed by atoms with Crippen molar-refractivity contribution in [3.8, 4) is 0 Å². The lowest BCUT2D eigenvalue weighted by molar-refractivity contribution is -0.130. The molecule has 16 heavy (non-hydrogen) atoms. The van der Waals surface area contributed by atoms with Crippen molar-refractivity contribution in [2.75, 3.05) is 12.4 Å². The van der Waals surface area contributed by atoms with Crippen molar-refractivity contribution in [2.45, 2.75) is 52.4 Å². The molecule has 0 aliphatic heterocycles. The zero-order chi connectivity index (χ0) is 12.0. The van der Waals surface area contributed by atoms with Gasteiger partial charge < -0.3 is 5.32 Å². The zero-order valence-electron chi connectivity index (χ0n) is 10.5. The Kier molecular flexibility index (Phi) is 5.60. The second kappa shape index (κ2) is 6.48. The standard InChI is InChI=1S/C13H24ClNO/c1-3-11(6-9-14)10-15-12(16)13(2)7-4-5-8-13/h11H,3-10H2,1-2H3,(H,15,16). The molecule has 1 fully saturated rings. The molecule has 2 nitrogen and oxygen atoms in total. The van der Waals surface area contributed by atoms with E-state index in [9.17, 15) is 4.79 Å². The molecule has 0 aromatic carbocycles. The molecule has 0 aromatic heterocycles. The van der Waals surface area contributed by atoms with E-state index in [1.54, 1.807) is 0 Å². The fraction of sp³-hybridized carbons (Fsp3) is 0.923. The minimum atomic E-state index is -0.0980. The monoisotopic (exact) mass is 245 g/mol. The highest BCUT2D eigenvalue weighted by Crippen LogP contribution is 2.37. The van der Waals surface area contributed by atoms with Crippen LogP contribution in [0.2, 0.25) is 0 Å². The van der Waals surface area contributed by atoms with E-state index in [2.05, 4.69) is 19.2 Å². The molecule has 1 saturated carbocycles. The first kappa shape index (κ1) is 13.8. The highest BCUT2D eigenvalue weighted by atomic mass is 35.5. The number of carbonyl (C=O) groups is 1. The van der Waals surface area contributed by atoms with Crippen molar-refractivity contribution in [1.29, 1.82) is 0 Å². The van der Waals surface area contributed by atoms with Gasteiger partial charge >= 0.3 is 0 Å². The van der Waals surface area contributed by atoms with Gasteiger partial charge in [0, 0.05) is 17.8 Å². The molecule has 1 aliphatic rings. The van der Waals surface area contributed by atoms with E-state index in [1.165, 1.54) is 12.8 Å². The molecule has 0 radical (unpaired) electrons. The van der Waals surface area contributed by atoms with Crippen molar-refractivity contribution in [2.24, 2.45) is 11.3 Å². The third-order valence-electron chi connectivity index (χ3n) is 3.90. The van der Waals surface area contributed by atoms with Crippen LogP contribution < -0.4 is 5.32 Å². The van der Waals surface area contributed by atoms with Gasteiger partial charge in [0.1, 0.15) is 0 Å². The van der Waals surface area contributed by atoms with E-state index >= 15 is 0 Å². The maximum Gasteiger partial charge on any atom is 0.225 e. The molecule has 0 bridgehead atoms. The minimum Gasteiger partial charge on any atom is -0.355 e. The largest absolute Gasteiger partial charge is 0.355 e. The molecular formula is C13H24ClNO. The van der Waals surface area contributed by atoms with Gasteiger partial charge in [-0.25, -0.2) is 0 Å². The summed E-state index contributed by atoms with van der Waals surface area (Å²) < 4.78 is 0. The summed E-state index contributed by atoms with van der Waals surface area (Å²) in [5, 5.41) is 3.10. The average Bonchev–Trinajstić information content (AvgIpc) is 2.72. The summed E-state index contributed by atoms with van der Waals surface area (Å²) in [7, 11) is 0. The van der Waals surface area contributed by atoms with Gasteiger partial charge in [-0.2, -0.15) is 0 Å². The fourth-order valence-corrected chi connectivity index (χ4v) is 2.75. The van der Waals surface area contributed by atoms with Gasteiger partial charge in [-0.15, -0.1) is 11.6 Å². The second-order valence-electron chi connectivity index (χ2n) is 5.23. The number of carbonyl (C=O) groups excluding carboxylic acids is 1. The summed E-state index contributed by atoms with van der Waals surface area (Å²) in [5.74, 6) is 1.47. The van der Waals surface area contributed by atoms with Gasteiger partial charge in [0.05, 0.1) is 0 Å². The summed E-state index contributed by atoms with van der Waals surface area (Å²) >= 11 is 5.73. The Labute approximate surface area is 104 Å². The third kappa shape index (κ3) is 3.65. The first-order chi connectivity index (χ1) is 7.62. The molecule has 1 unspecified atom stereocenters. The maximum absolute atomic E-state index is 12.0. The summed E-state index contributed by atoms with van der Waals surface area (Å²) in [4.78, 5) is 12.0. The van der Waals surface area contributed by atoms with E-state index in [4.69, 9.17) is 11.6 Å². The maximum atomic E-state index is 12.0. The van der Waals surface area contributed by atoms with Crippen molar-refractivity contribution >= 4 is 17.5 Å². The molecule has 1 rings (SSSR count). The summed E-state index contributed by atoms with van der Waals surface area (Å²) in [6, 6.07) is 0.